The first-order chi connectivity index (χ1) is 10.5. The Kier molecular flexibility index (Phi) is 5.54. The van der Waals surface area contributed by atoms with Gasteiger partial charge in [-0.1, -0.05) is 23.7 Å². The number of ether oxygens (including phenoxy) is 1. The Morgan fingerprint density at radius 1 is 1.50 bits per heavy atom. The quantitative estimate of drug-likeness (QED) is 0.846. The number of carbonyl (C=O) groups excluding carboxylic acids is 1. The highest BCUT2D eigenvalue weighted by Gasteiger charge is 2.15. The standard InChI is InChI=1S/C15H18ClN3O3/c1-10-7-13(15(21)17-8-11(20)9-22-2)18-19(10)14-6-4-3-5-12(14)16/h3-7,11,20H,8-9H2,1-2H3,(H,17,21). The number of methoxy groups -OCH3 is 1. The van der Waals surface area contributed by atoms with Crippen molar-refractivity contribution in [2.75, 3.05) is 20.3 Å². The van der Waals surface area contributed by atoms with Crippen LogP contribution in [0.15, 0.2) is 30.3 Å². The number of para-hydroxylation sites is 1. The number of carbonyl (C=O) groups is 1. The highest BCUT2D eigenvalue weighted by Crippen LogP contribution is 2.21. The summed E-state index contributed by atoms with van der Waals surface area (Å²) in [6.45, 7) is 2.10. The molecule has 1 amide bonds. The van der Waals surface area contributed by atoms with Crippen LogP contribution in [0.4, 0.5) is 0 Å². The van der Waals surface area contributed by atoms with Crippen LogP contribution in [-0.4, -0.2) is 47.2 Å². The lowest BCUT2D eigenvalue weighted by Crippen LogP contribution is -2.34. The summed E-state index contributed by atoms with van der Waals surface area (Å²) in [6.07, 6.45) is -0.749. The zero-order valence-corrected chi connectivity index (χ0v) is 13.2. The summed E-state index contributed by atoms with van der Waals surface area (Å²) in [4.78, 5) is 12.1. The average molecular weight is 324 g/mol. The van der Waals surface area contributed by atoms with Gasteiger partial charge in [-0.3, -0.25) is 4.79 Å². The lowest BCUT2D eigenvalue weighted by Gasteiger charge is -2.09. The van der Waals surface area contributed by atoms with Gasteiger partial charge in [0, 0.05) is 19.3 Å². The van der Waals surface area contributed by atoms with Gasteiger partial charge >= 0.3 is 0 Å². The first-order valence-electron chi connectivity index (χ1n) is 6.79. The van der Waals surface area contributed by atoms with E-state index in [4.69, 9.17) is 16.3 Å². The minimum Gasteiger partial charge on any atom is -0.389 e. The van der Waals surface area contributed by atoms with Crippen LogP contribution >= 0.6 is 11.6 Å². The van der Waals surface area contributed by atoms with Crippen molar-refractivity contribution in [2.45, 2.75) is 13.0 Å². The van der Waals surface area contributed by atoms with Crippen molar-refractivity contribution in [3.63, 3.8) is 0 Å². The average Bonchev–Trinajstić information content (AvgIpc) is 2.87. The second-order valence-electron chi connectivity index (χ2n) is 4.85. The van der Waals surface area contributed by atoms with Gasteiger partial charge in [0.1, 0.15) is 0 Å². The van der Waals surface area contributed by atoms with E-state index < -0.39 is 6.10 Å². The predicted molar refractivity (Wildman–Crippen MR) is 83.5 cm³/mol. The second-order valence-corrected chi connectivity index (χ2v) is 5.26. The number of halogens is 1. The normalized spacial score (nSPS) is 12.2. The van der Waals surface area contributed by atoms with E-state index >= 15 is 0 Å². The number of aliphatic hydroxyl groups excluding tert-OH is 1. The van der Waals surface area contributed by atoms with E-state index in [1.165, 1.54) is 7.11 Å². The van der Waals surface area contributed by atoms with Gasteiger partial charge in [-0.25, -0.2) is 4.68 Å². The minimum absolute atomic E-state index is 0.102. The van der Waals surface area contributed by atoms with Gasteiger partial charge in [0.2, 0.25) is 0 Å². The molecular weight excluding hydrogens is 306 g/mol. The van der Waals surface area contributed by atoms with Crippen molar-refractivity contribution >= 4 is 17.5 Å². The number of nitrogens with zero attached hydrogens (tertiary/aromatic N) is 2. The molecule has 1 heterocycles. The molecular formula is C15H18ClN3O3. The number of nitrogens with one attached hydrogen (secondary N) is 1. The smallest absolute Gasteiger partial charge is 0.271 e. The fourth-order valence-corrected chi connectivity index (χ4v) is 2.22. The molecule has 0 bridgehead atoms. The number of benzene rings is 1. The van der Waals surface area contributed by atoms with Gasteiger partial charge in [-0.2, -0.15) is 5.10 Å². The van der Waals surface area contributed by atoms with Crippen LogP contribution in [0.1, 0.15) is 16.2 Å². The third-order valence-corrected chi connectivity index (χ3v) is 3.38. The molecule has 6 nitrogen and oxygen atoms in total. The molecule has 1 aromatic carbocycles. The molecule has 0 aliphatic heterocycles. The van der Waals surface area contributed by atoms with Crippen LogP contribution < -0.4 is 5.32 Å². The Hall–Kier alpha value is -1.89. The van der Waals surface area contributed by atoms with Gasteiger partial charge in [0.15, 0.2) is 5.69 Å². The molecule has 7 heteroatoms. The number of aryl methyl sites for hydroxylation is 1. The zero-order chi connectivity index (χ0) is 16.1. The molecule has 2 N–H and O–H groups in total. The van der Waals surface area contributed by atoms with E-state index in [2.05, 4.69) is 10.4 Å². The Bertz CT molecular complexity index is 657. The summed E-state index contributed by atoms with van der Waals surface area (Å²) >= 11 is 6.15. The minimum atomic E-state index is -0.749. The Morgan fingerprint density at radius 3 is 2.91 bits per heavy atom. The molecule has 2 aromatic rings. The van der Waals surface area contributed by atoms with Gasteiger partial charge in [0.25, 0.3) is 5.91 Å². The van der Waals surface area contributed by atoms with E-state index in [-0.39, 0.29) is 24.8 Å². The van der Waals surface area contributed by atoms with Crippen LogP contribution in [0.25, 0.3) is 5.69 Å². The molecule has 0 saturated heterocycles. The first kappa shape index (κ1) is 16.5. The molecule has 0 fully saturated rings. The van der Waals surface area contributed by atoms with Gasteiger partial charge < -0.3 is 15.2 Å². The molecule has 0 saturated carbocycles. The number of amides is 1. The fourth-order valence-electron chi connectivity index (χ4n) is 2.01. The van der Waals surface area contributed by atoms with Crippen LogP contribution in [-0.2, 0) is 4.74 Å². The van der Waals surface area contributed by atoms with Crippen LogP contribution in [0.3, 0.4) is 0 Å². The van der Waals surface area contributed by atoms with Crippen molar-refractivity contribution in [3.8, 4) is 5.69 Å². The van der Waals surface area contributed by atoms with Crippen molar-refractivity contribution in [2.24, 2.45) is 0 Å². The van der Waals surface area contributed by atoms with Crippen molar-refractivity contribution in [1.82, 2.24) is 15.1 Å². The van der Waals surface area contributed by atoms with Crippen molar-refractivity contribution < 1.29 is 14.6 Å². The van der Waals surface area contributed by atoms with E-state index in [0.29, 0.717) is 10.7 Å². The predicted octanol–water partition coefficient (Wildman–Crippen LogP) is 1.57. The van der Waals surface area contributed by atoms with E-state index in [9.17, 15) is 9.90 Å². The maximum absolute atomic E-state index is 12.1. The van der Waals surface area contributed by atoms with Crippen molar-refractivity contribution in [1.29, 1.82) is 0 Å². The molecule has 1 unspecified atom stereocenters. The third kappa shape index (κ3) is 3.85. The van der Waals surface area contributed by atoms with Gasteiger partial charge in [-0.05, 0) is 25.1 Å². The Labute approximate surface area is 133 Å². The van der Waals surface area contributed by atoms with Crippen LogP contribution in [0.5, 0.6) is 0 Å². The first-order valence-corrected chi connectivity index (χ1v) is 7.17. The third-order valence-electron chi connectivity index (χ3n) is 3.06. The number of aromatic nitrogens is 2. The topological polar surface area (TPSA) is 76.4 Å². The van der Waals surface area contributed by atoms with Crippen LogP contribution in [0.2, 0.25) is 5.02 Å². The van der Waals surface area contributed by atoms with Crippen LogP contribution in [0, 0.1) is 6.92 Å². The number of rotatable bonds is 6. The van der Waals surface area contributed by atoms with E-state index in [1.54, 1.807) is 16.8 Å². The molecule has 2 rings (SSSR count). The van der Waals surface area contributed by atoms with E-state index in [1.807, 2.05) is 25.1 Å². The monoisotopic (exact) mass is 323 g/mol. The molecule has 0 aliphatic carbocycles. The SMILES string of the molecule is COCC(O)CNC(=O)c1cc(C)n(-c2ccccc2Cl)n1. The summed E-state index contributed by atoms with van der Waals surface area (Å²) in [6, 6.07) is 8.94. The lowest BCUT2D eigenvalue weighted by molar-refractivity contribution is 0.0608. The molecule has 22 heavy (non-hydrogen) atoms. The maximum Gasteiger partial charge on any atom is 0.271 e. The summed E-state index contributed by atoms with van der Waals surface area (Å²) in [5.74, 6) is -0.357. The Balaban J connectivity index is 2.13. The summed E-state index contributed by atoms with van der Waals surface area (Å²) < 4.78 is 6.41. The highest BCUT2D eigenvalue weighted by atomic mass is 35.5. The maximum atomic E-state index is 12.1. The zero-order valence-electron chi connectivity index (χ0n) is 12.4. The molecule has 118 valence electrons. The number of aliphatic hydroxyl groups is 1. The largest absolute Gasteiger partial charge is 0.389 e. The summed E-state index contributed by atoms with van der Waals surface area (Å²) in [5.41, 5.74) is 1.76. The fraction of sp³-hybridized carbons (Fsp3) is 0.333. The van der Waals surface area contributed by atoms with E-state index in [0.717, 1.165) is 5.69 Å². The van der Waals surface area contributed by atoms with Gasteiger partial charge in [0.05, 0.1) is 23.4 Å². The van der Waals surface area contributed by atoms with Gasteiger partial charge in [-0.15, -0.1) is 0 Å². The lowest BCUT2D eigenvalue weighted by atomic mass is 10.3. The molecule has 0 spiro atoms. The second kappa shape index (κ2) is 7.40. The number of hydrogen-bond acceptors (Lipinski definition) is 4. The molecule has 1 aromatic heterocycles. The summed E-state index contributed by atoms with van der Waals surface area (Å²) in [5, 5.41) is 17.0. The molecule has 0 aliphatic rings. The molecule has 0 radical (unpaired) electrons. The highest BCUT2D eigenvalue weighted by molar-refractivity contribution is 6.32. The summed E-state index contributed by atoms with van der Waals surface area (Å²) in [7, 11) is 1.49. The van der Waals surface area contributed by atoms with Crippen molar-refractivity contribution in [3.05, 3.63) is 46.7 Å². The Morgan fingerprint density at radius 2 is 2.23 bits per heavy atom. The number of hydrogen-bond donors (Lipinski definition) is 2. The molecule has 1 atom stereocenters.